The molecule has 0 aliphatic heterocycles. The van der Waals surface area contributed by atoms with Crippen molar-refractivity contribution in [3.05, 3.63) is 84.4 Å². The SMILES string of the molecule is CCCNC(=O)c1ccc(NCC(=O)Nc2ccccc2OCCOc2ccccc2)cc1. The molecule has 3 aromatic rings. The fourth-order valence-corrected chi connectivity index (χ4v) is 2.98. The predicted octanol–water partition coefficient (Wildman–Crippen LogP) is 4.33. The van der Waals surface area contributed by atoms with Gasteiger partial charge in [0.1, 0.15) is 24.7 Å². The molecule has 3 N–H and O–H groups in total. The first kappa shape index (κ1) is 23.7. The van der Waals surface area contributed by atoms with Crippen molar-refractivity contribution < 1.29 is 19.1 Å². The zero-order valence-corrected chi connectivity index (χ0v) is 18.7. The third-order valence-corrected chi connectivity index (χ3v) is 4.65. The molecule has 0 aliphatic rings. The number of amides is 2. The van der Waals surface area contributed by atoms with Crippen LogP contribution in [0.2, 0.25) is 0 Å². The molecule has 0 spiro atoms. The Hall–Kier alpha value is -4.00. The maximum atomic E-state index is 12.4. The van der Waals surface area contributed by atoms with Crippen LogP contribution in [-0.4, -0.2) is 38.1 Å². The van der Waals surface area contributed by atoms with Gasteiger partial charge in [-0.25, -0.2) is 0 Å². The molecule has 33 heavy (non-hydrogen) atoms. The smallest absolute Gasteiger partial charge is 0.251 e. The number of anilines is 2. The van der Waals surface area contributed by atoms with Gasteiger partial charge in [0.05, 0.1) is 12.2 Å². The maximum absolute atomic E-state index is 12.4. The summed E-state index contributed by atoms with van der Waals surface area (Å²) in [6.07, 6.45) is 0.885. The van der Waals surface area contributed by atoms with Gasteiger partial charge in [0.2, 0.25) is 5.91 Å². The normalized spacial score (nSPS) is 10.2. The van der Waals surface area contributed by atoms with Crippen LogP contribution in [0.1, 0.15) is 23.7 Å². The topological polar surface area (TPSA) is 88.7 Å². The van der Waals surface area contributed by atoms with Crippen molar-refractivity contribution in [3.8, 4) is 11.5 Å². The van der Waals surface area contributed by atoms with Crippen LogP contribution in [0.4, 0.5) is 11.4 Å². The third-order valence-electron chi connectivity index (χ3n) is 4.65. The summed E-state index contributed by atoms with van der Waals surface area (Å²) in [6.45, 7) is 3.46. The molecule has 0 bridgehead atoms. The van der Waals surface area contributed by atoms with Crippen molar-refractivity contribution in [2.45, 2.75) is 13.3 Å². The zero-order valence-electron chi connectivity index (χ0n) is 18.7. The molecule has 0 unspecified atom stereocenters. The number of rotatable bonds is 12. The van der Waals surface area contributed by atoms with Crippen LogP contribution < -0.4 is 25.4 Å². The Morgan fingerprint density at radius 2 is 1.52 bits per heavy atom. The molecule has 7 nitrogen and oxygen atoms in total. The van der Waals surface area contributed by atoms with Gasteiger partial charge < -0.3 is 25.4 Å². The van der Waals surface area contributed by atoms with E-state index in [0.717, 1.165) is 17.9 Å². The van der Waals surface area contributed by atoms with Gasteiger partial charge in [0, 0.05) is 17.8 Å². The second-order valence-electron chi connectivity index (χ2n) is 7.24. The predicted molar refractivity (Wildman–Crippen MR) is 130 cm³/mol. The molecule has 3 rings (SSSR count). The largest absolute Gasteiger partial charge is 0.490 e. The van der Waals surface area contributed by atoms with Crippen LogP contribution >= 0.6 is 0 Å². The molecule has 0 aliphatic carbocycles. The molecule has 7 heteroatoms. The number of benzene rings is 3. The first-order valence-electron chi connectivity index (χ1n) is 11.0. The standard InChI is InChI=1S/C26H29N3O4/c1-2-16-27-26(31)20-12-14-21(15-13-20)28-19-25(30)29-23-10-6-7-11-24(23)33-18-17-32-22-8-4-3-5-9-22/h3-15,28H,2,16-19H2,1H3,(H,27,31)(H,29,30). The van der Waals surface area contributed by atoms with E-state index in [2.05, 4.69) is 16.0 Å². The quantitative estimate of drug-likeness (QED) is 0.360. The number of hydrogen-bond donors (Lipinski definition) is 3. The van der Waals surface area contributed by atoms with Crippen molar-refractivity contribution in [2.75, 3.05) is 36.9 Å². The second-order valence-corrected chi connectivity index (χ2v) is 7.24. The van der Waals surface area contributed by atoms with Crippen molar-refractivity contribution in [1.29, 1.82) is 0 Å². The summed E-state index contributed by atoms with van der Waals surface area (Å²) in [7, 11) is 0. The van der Waals surface area contributed by atoms with E-state index in [9.17, 15) is 9.59 Å². The van der Waals surface area contributed by atoms with E-state index >= 15 is 0 Å². The molecule has 172 valence electrons. The van der Waals surface area contributed by atoms with Crippen molar-refractivity contribution in [2.24, 2.45) is 0 Å². The first-order chi connectivity index (χ1) is 16.2. The lowest BCUT2D eigenvalue weighted by molar-refractivity contribution is -0.114. The Kier molecular flexibility index (Phi) is 9.15. The number of carbonyl (C=O) groups is 2. The van der Waals surface area contributed by atoms with Crippen LogP contribution in [0.3, 0.4) is 0 Å². The number of nitrogens with one attached hydrogen (secondary N) is 3. The van der Waals surface area contributed by atoms with Crippen molar-refractivity contribution in [1.82, 2.24) is 5.32 Å². The number of para-hydroxylation sites is 3. The van der Waals surface area contributed by atoms with E-state index in [0.29, 0.717) is 36.8 Å². The van der Waals surface area contributed by atoms with Gasteiger partial charge in [-0.2, -0.15) is 0 Å². The lowest BCUT2D eigenvalue weighted by atomic mass is 10.2. The zero-order chi connectivity index (χ0) is 23.3. The summed E-state index contributed by atoms with van der Waals surface area (Å²) in [4.78, 5) is 24.4. The molecule has 3 aromatic carbocycles. The lowest BCUT2D eigenvalue weighted by Crippen LogP contribution is -2.24. The van der Waals surface area contributed by atoms with E-state index in [1.165, 1.54) is 0 Å². The Morgan fingerprint density at radius 1 is 0.818 bits per heavy atom. The van der Waals surface area contributed by atoms with Crippen LogP contribution in [0, 0.1) is 0 Å². The summed E-state index contributed by atoms with van der Waals surface area (Å²) in [6, 6.07) is 23.8. The monoisotopic (exact) mass is 447 g/mol. The molecule has 0 saturated heterocycles. The highest BCUT2D eigenvalue weighted by Gasteiger charge is 2.09. The van der Waals surface area contributed by atoms with E-state index in [-0.39, 0.29) is 18.4 Å². The molecular formula is C26H29N3O4. The average Bonchev–Trinajstić information content (AvgIpc) is 2.86. The van der Waals surface area contributed by atoms with Gasteiger partial charge in [-0.05, 0) is 55.0 Å². The highest BCUT2D eigenvalue weighted by molar-refractivity contribution is 5.96. The van der Waals surface area contributed by atoms with E-state index < -0.39 is 0 Å². The maximum Gasteiger partial charge on any atom is 0.251 e. The minimum absolute atomic E-state index is 0.0762. The Labute approximate surface area is 194 Å². The molecule has 0 saturated carbocycles. The van der Waals surface area contributed by atoms with Crippen LogP contribution in [0.15, 0.2) is 78.9 Å². The van der Waals surface area contributed by atoms with Gasteiger partial charge in [-0.3, -0.25) is 9.59 Å². The fraction of sp³-hybridized carbons (Fsp3) is 0.231. The van der Waals surface area contributed by atoms with Crippen LogP contribution in [-0.2, 0) is 4.79 Å². The van der Waals surface area contributed by atoms with E-state index in [4.69, 9.17) is 9.47 Å². The van der Waals surface area contributed by atoms with Gasteiger partial charge in [0.15, 0.2) is 0 Å². The molecule has 0 heterocycles. The minimum atomic E-state index is -0.212. The molecule has 2 amide bonds. The van der Waals surface area contributed by atoms with E-state index in [1.54, 1.807) is 36.4 Å². The minimum Gasteiger partial charge on any atom is -0.490 e. The summed E-state index contributed by atoms with van der Waals surface area (Å²) in [5, 5.41) is 8.75. The fourth-order valence-electron chi connectivity index (χ4n) is 2.98. The van der Waals surface area contributed by atoms with E-state index in [1.807, 2.05) is 49.4 Å². The number of carbonyl (C=O) groups excluding carboxylic acids is 2. The molecule has 0 aromatic heterocycles. The molecule has 0 radical (unpaired) electrons. The first-order valence-corrected chi connectivity index (χ1v) is 11.0. The average molecular weight is 448 g/mol. The number of hydrogen-bond acceptors (Lipinski definition) is 5. The summed E-state index contributed by atoms with van der Waals surface area (Å²) < 4.78 is 11.4. The third kappa shape index (κ3) is 7.88. The Bertz CT molecular complexity index is 1020. The Morgan fingerprint density at radius 3 is 2.27 bits per heavy atom. The van der Waals surface area contributed by atoms with Gasteiger partial charge in [0.25, 0.3) is 5.91 Å². The van der Waals surface area contributed by atoms with Gasteiger partial charge in [-0.15, -0.1) is 0 Å². The Balaban J connectivity index is 1.45. The van der Waals surface area contributed by atoms with Crippen LogP contribution in [0.25, 0.3) is 0 Å². The van der Waals surface area contributed by atoms with Crippen molar-refractivity contribution >= 4 is 23.2 Å². The van der Waals surface area contributed by atoms with Gasteiger partial charge >= 0.3 is 0 Å². The van der Waals surface area contributed by atoms with Crippen molar-refractivity contribution in [3.63, 3.8) is 0 Å². The summed E-state index contributed by atoms with van der Waals surface area (Å²) in [5.41, 5.74) is 1.92. The summed E-state index contributed by atoms with van der Waals surface area (Å²) in [5.74, 6) is 1.04. The molecule has 0 fully saturated rings. The molecular weight excluding hydrogens is 418 g/mol. The summed E-state index contributed by atoms with van der Waals surface area (Å²) >= 11 is 0. The molecule has 0 atom stereocenters. The van der Waals surface area contributed by atoms with Crippen LogP contribution in [0.5, 0.6) is 11.5 Å². The highest BCUT2D eigenvalue weighted by atomic mass is 16.5. The number of ether oxygens (including phenoxy) is 2. The van der Waals surface area contributed by atoms with Gasteiger partial charge in [-0.1, -0.05) is 37.3 Å². The highest BCUT2D eigenvalue weighted by Crippen LogP contribution is 2.23. The second kappa shape index (κ2) is 12.8. The lowest BCUT2D eigenvalue weighted by Gasteiger charge is -2.13.